The SMILES string of the molecule is CCCCCc1ccc(CCC2CCC(C3(CCC)CCCCC3)CC2)cc1. The molecule has 0 spiro atoms. The average molecular weight is 383 g/mol. The molecule has 0 heterocycles. The second-order valence-electron chi connectivity index (χ2n) is 10.2. The van der Waals surface area contributed by atoms with Gasteiger partial charge in [-0.2, -0.15) is 0 Å². The molecule has 0 saturated heterocycles. The van der Waals surface area contributed by atoms with Crippen molar-refractivity contribution in [2.24, 2.45) is 17.3 Å². The van der Waals surface area contributed by atoms with Crippen LogP contribution in [0.3, 0.4) is 0 Å². The van der Waals surface area contributed by atoms with Crippen LogP contribution in [-0.2, 0) is 12.8 Å². The van der Waals surface area contributed by atoms with E-state index >= 15 is 0 Å². The molecule has 0 aromatic heterocycles. The third kappa shape index (κ3) is 6.11. The third-order valence-electron chi connectivity index (χ3n) is 8.24. The minimum Gasteiger partial charge on any atom is -0.0654 e. The molecule has 0 bridgehead atoms. The predicted molar refractivity (Wildman–Crippen MR) is 124 cm³/mol. The van der Waals surface area contributed by atoms with Crippen LogP contribution in [0.5, 0.6) is 0 Å². The van der Waals surface area contributed by atoms with E-state index in [1.54, 1.807) is 18.4 Å². The van der Waals surface area contributed by atoms with Crippen LogP contribution in [0, 0.1) is 17.3 Å². The highest BCUT2D eigenvalue weighted by atomic mass is 14.4. The molecule has 2 aliphatic carbocycles. The predicted octanol–water partition coefficient (Wildman–Crippen LogP) is 8.91. The van der Waals surface area contributed by atoms with Crippen LogP contribution in [0.25, 0.3) is 0 Å². The van der Waals surface area contributed by atoms with E-state index in [0.717, 1.165) is 17.3 Å². The lowest BCUT2D eigenvalue weighted by molar-refractivity contribution is 0.0445. The summed E-state index contributed by atoms with van der Waals surface area (Å²) in [5.74, 6) is 2.04. The molecule has 28 heavy (non-hydrogen) atoms. The van der Waals surface area contributed by atoms with Gasteiger partial charge in [0.1, 0.15) is 0 Å². The molecular weight excluding hydrogens is 336 g/mol. The zero-order chi connectivity index (χ0) is 19.7. The first-order chi connectivity index (χ1) is 13.8. The molecule has 0 atom stereocenters. The van der Waals surface area contributed by atoms with Crippen molar-refractivity contribution in [3.8, 4) is 0 Å². The van der Waals surface area contributed by atoms with E-state index in [0.29, 0.717) is 0 Å². The molecule has 0 amide bonds. The topological polar surface area (TPSA) is 0 Å². The van der Waals surface area contributed by atoms with E-state index in [1.165, 1.54) is 102 Å². The van der Waals surface area contributed by atoms with E-state index in [1.807, 2.05) is 0 Å². The molecule has 2 fully saturated rings. The van der Waals surface area contributed by atoms with Gasteiger partial charge in [0.2, 0.25) is 0 Å². The van der Waals surface area contributed by atoms with Gasteiger partial charge < -0.3 is 0 Å². The third-order valence-corrected chi connectivity index (χ3v) is 8.24. The smallest absolute Gasteiger partial charge is 0.0269 e. The molecular formula is C28H46. The van der Waals surface area contributed by atoms with Gasteiger partial charge in [-0.25, -0.2) is 0 Å². The van der Waals surface area contributed by atoms with Gasteiger partial charge in [-0.15, -0.1) is 0 Å². The second-order valence-corrected chi connectivity index (χ2v) is 10.2. The molecule has 0 radical (unpaired) electrons. The number of hydrogen-bond acceptors (Lipinski definition) is 0. The van der Waals surface area contributed by atoms with Gasteiger partial charge in [-0.3, -0.25) is 0 Å². The Labute approximate surface area is 175 Å². The molecule has 2 aliphatic rings. The summed E-state index contributed by atoms with van der Waals surface area (Å²) in [4.78, 5) is 0. The van der Waals surface area contributed by atoms with Crippen LogP contribution >= 0.6 is 0 Å². The fraction of sp³-hybridized carbons (Fsp3) is 0.786. The summed E-state index contributed by atoms with van der Waals surface area (Å²) in [6.45, 7) is 4.70. The van der Waals surface area contributed by atoms with E-state index in [2.05, 4.69) is 38.1 Å². The largest absolute Gasteiger partial charge is 0.0654 e. The Kier molecular flexibility index (Phi) is 8.94. The lowest BCUT2D eigenvalue weighted by Crippen LogP contribution is -2.35. The van der Waals surface area contributed by atoms with Gasteiger partial charge in [0, 0.05) is 0 Å². The van der Waals surface area contributed by atoms with E-state index < -0.39 is 0 Å². The zero-order valence-electron chi connectivity index (χ0n) is 19.0. The van der Waals surface area contributed by atoms with Crippen molar-refractivity contribution in [1.29, 1.82) is 0 Å². The Morgan fingerprint density at radius 1 is 0.750 bits per heavy atom. The van der Waals surface area contributed by atoms with Crippen molar-refractivity contribution >= 4 is 0 Å². The Morgan fingerprint density at radius 2 is 1.39 bits per heavy atom. The molecule has 158 valence electrons. The van der Waals surface area contributed by atoms with Crippen LogP contribution in [0.15, 0.2) is 24.3 Å². The first-order valence-electron chi connectivity index (χ1n) is 12.8. The lowest BCUT2D eigenvalue weighted by Gasteiger charge is -2.47. The Balaban J connectivity index is 1.41. The average Bonchev–Trinajstić information content (AvgIpc) is 2.75. The van der Waals surface area contributed by atoms with E-state index in [-0.39, 0.29) is 0 Å². The monoisotopic (exact) mass is 382 g/mol. The highest BCUT2D eigenvalue weighted by Gasteiger charge is 2.40. The number of rotatable bonds is 10. The summed E-state index contributed by atoms with van der Waals surface area (Å²) in [6.07, 6.45) is 24.6. The van der Waals surface area contributed by atoms with Crippen molar-refractivity contribution in [2.75, 3.05) is 0 Å². The Morgan fingerprint density at radius 3 is 2.00 bits per heavy atom. The summed E-state index contributed by atoms with van der Waals surface area (Å²) in [6, 6.07) is 9.59. The molecule has 0 N–H and O–H groups in total. The van der Waals surface area contributed by atoms with Crippen molar-refractivity contribution < 1.29 is 0 Å². The highest BCUT2D eigenvalue weighted by molar-refractivity contribution is 5.22. The number of hydrogen-bond donors (Lipinski definition) is 0. The second kappa shape index (κ2) is 11.4. The van der Waals surface area contributed by atoms with Crippen LogP contribution in [0.2, 0.25) is 0 Å². The van der Waals surface area contributed by atoms with Crippen molar-refractivity contribution in [3.05, 3.63) is 35.4 Å². The molecule has 0 nitrogen and oxygen atoms in total. The quantitative estimate of drug-likeness (QED) is 0.354. The molecule has 0 heteroatoms. The van der Waals surface area contributed by atoms with Gasteiger partial charge in [-0.1, -0.05) is 89.5 Å². The minimum absolute atomic E-state index is 0.742. The van der Waals surface area contributed by atoms with Gasteiger partial charge >= 0.3 is 0 Å². The molecule has 1 aromatic rings. The maximum Gasteiger partial charge on any atom is -0.0269 e. The normalized spacial score (nSPS) is 24.9. The zero-order valence-corrected chi connectivity index (χ0v) is 19.0. The van der Waals surface area contributed by atoms with Crippen molar-refractivity contribution in [3.63, 3.8) is 0 Å². The van der Waals surface area contributed by atoms with Crippen LogP contribution in [-0.4, -0.2) is 0 Å². The number of benzene rings is 1. The van der Waals surface area contributed by atoms with Crippen molar-refractivity contribution in [2.45, 2.75) is 123 Å². The van der Waals surface area contributed by atoms with Crippen LogP contribution in [0.1, 0.15) is 121 Å². The van der Waals surface area contributed by atoms with Gasteiger partial charge in [0.25, 0.3) is 0 Å². The minimum atomic E-state index is 0.742. The van der Waals surface area contributed by atoms with Crippen LogP contribution in [0.4, 0.5) is 0 Å². The van der Waals surface area contributed by atoms with Crippen LogP contribution < -0.4 is 0 Å². The fourth-order valence-corrected chi connectivity index (χ4v) is 6.50. The molecule has 0 unspecified atom stereocenters. The number of aryl methyl sites for hydroxylation is 2. The van der Waals surface area contributed by atoms with E-state index in [4.69, 9.17) is 0 Å². The standard InChI is InChI=1S/C28H46/c1-3-5-7-10-24-11-13-25(14-12-24)15-16-26-17-19-27(20-18-26)28(21-4-2)22-8-6-9-23-28/h11-14,26-27H,3-10,15-23H2,1-2H3. The molecule has 1 aromatic carbocycles. The van der Waals surface area contributed by atoms with E-state index in [9.17, 15) is 0 Å². The summed E-state index contributed by atoms with van der Waals surface area (Å²) in [7, 11) is 0. The highest BCUT2D eigenvalue weighted by Crippen LogP contribution is 2.52. The summed E-state index contributed by atoms with van der Waals surface area (Å²) < 4.78 is 0. The molecule has 2 saturated carbocycles. The summed E-state index contributed by atoms with van der Waals surface area (Å²) >= 11 is 0. The summed E-state index contributed by atoms with van der Waals surface area (Å²) in [5.41, 5.74) is 3.84. The fourth-order valence-electron chi connectivity index (χ4n) is 6.50. The lowest BCUT2D eigenvalue weighted by atomic mass is 9.59. The molecule has 0 aliphatic heterocycles. The summed E-state index contributed by atoms with van der Waals surface area (Å²) in [5, 5.41) is 0. The van der Waals surface area contributed by atoms with Gasteiger partial charge in [0.05, 0.1) is 0 Å². The Bertz CT molecular complexity index is 520. The number of unbranched alkanes of at least 4 members (excludes halogenated alkanes) is 2. The van der Waals surface area contributed by atoms with Gasteiger partial charge in [-0.05, 0) is 86.2 Å². The first-order valence-corrected chi connectivity index (χ1v) is 12.8. The Hall–Kier alpha value is -0.780. The first kappa shape index (κ1) is 21.9. The molecule has 3 rings (SSSR count). The maximum absolute atomic E-state index is 2.41. The van der Waals surface area contributed by atoms with Crippen molar-refractivity contribution in [1.82, 2.24) is 0 Å². The maximum atomic E-state index is 2.41. The van der Waals surface area contributed by atoms with Gasteiger partial charge in [0.15, 0.2) is 0 Å².